The molecule has 0 unspecified atom stereocenters. The van der Waals surface area contributed by atoms with E-state index >= 15 is 0 Å². The summed E-state index contributed by atoms with van der Waals surface area (Å²) in [4.78, 5) is 10.6. The first-order valence-corrected chi connectivity index (χ1v) is 8.42. The highest BCUT2D eigenvalue weighted by atomic mass is 16.5. The van der Waals surface area contributed by atoms with Crippen LogP contribution in [0.4, 0.5) is 5.69 Å². The Morgan fingerprint density at radius 2 is 2.04 bits per heavy atom. The number of rotatable bonds is 7. The van der Waals surface area contributed by atoms with E-state index in [4.69, 9.17) is 4.74 Å². The van der Waals surface area contributed by atoms with Crippen LogP contribution in [0.1, 0.15) is 11.3 Å². The Kier molecular flexibility index (Phi) is 5.62. The molecule has 0 amide bonds. The summed E-state index contributed by atoms with van der Waals surface area (Å²) in [5.41, 5.74) is 3.14. The van der Waals surface area contributed by atoms with Crippen molar-refractivity contribution in [3.63, 3.8) is 0 Å². The van der Waals surface area contributed by atoms with Gasteiger partial charge in [-0.2, -0.15) is 5.26 Å². The van der Waals surface area contributed by atoms with E-state index in [0.717, 1.165) is 28.7 Å². The first-order chi connectivity index (χ1) is 12.7. The van der Waals surface area contributed by atoms with Gasteiger partial charge in [-0.15, -0.1) is 0 Å². The van der Waals surface area contributed by atoms with Gasteiger partial charge in [0, 0.05) is 36.4 Å². The molecule has 26 heavy (non-hydrogen) atoms. The average Bonchev–Trinajstić information content (AvgIpc) is 2.66. The smallest absolute Gasteiger partial charge is 0.213 e. The largest absolute Gasteiger partial charge is 0.476 e. The standard InChI is InChI=1S/C20H21N5O/c1-25(2)9-10-26-20-11-15(7-8-22-20)14-23-19-12-16(13-21)24-18-6-4-3-5-17(18)19/h3-8,11-12H,9-10,14H2,1-2H3,(H,23,24). The number of likely N-dealkylation sites (N-methyl/N-ethyl adjacent to an activating group) is 1. The van der Waals surface area contributed by atoms with Gasteiger partial charge < -0.3 is 15.0 Å². The number of anilines is 1. The third-order valence-electron chi connectivity index (χ3n) is 3.90. The maximum Gasteiger partial charge on any atom is 0.213 e. The zero-order chi connectivity index (χ0) is 18.4. The normalized spacial score (nSPS) is 10.7. The van der Waals surface area contributed by atoms with Crippen molar-refractivity contribution in [1.82, 2.24) is 14.9 Å². The molecule has 0 radical (unpaired) electrons. The lowest BCUT2D eigenvalue weighted by molar-refractivity contribution is 0.253. The number of aromatic nitrogens is 2. The van der Waals surface area contributed by atoms with E-state index in [1.807, 2.05) is 50.5 Å². The van der Waals surface area contributed by atoms with E-state index in [1.54, 1.807) is 12.3 Å². The Bertz CT molecular complexity index is 933. The fraction of sp³-hybridized carbons (Fsp3) is 0.250. The minimum atomic E-state index is 0.397. The molecular weight excluding hydrogens is 326 g/mol. The maximum atomic E-state index is 9.20. The SMILES string of the molecule is CN(C)CCOc1cc(CNc2cc(C#N)nc3ccccc23)ccn1. The van der Waals surface area contributed by atoms with Crippen LogP contribution in [0.2, 0.25) is 0 Å². The summed E-state index contributed by atoms with van der Waals surface area (Å²) in [7, 11) is 4.01. The molecule has 0 aliphatic rings. The van der Waals surface area contributed by atoms with Crippen molar-refractivity contribution in [1.29, 1.82) is 5.26 Å². The van der Waals surface area contributed by atoms with Gasteiger partial charge in [-0.05, 0) is 37.9 Å². The number of pyridine rings is 2. The van der Waals surface area contributed by atoms with Crippen LogP contribution in [0, 0.1) is 11.3 Å². The molecule has 1 aromatic carbocycles. The molecule has 0 spiro atoms. The Morgan fingerprint density at radius 1 is 1.19 bits per heavy atom. The minimum absolute atomic E-state index is 0.397. The molecule has 6 heteroatoms. The van der Waals surface area contributed by atoms with Crippen LogP contribution < -0.4 is 10.1 Å². The highest BCUT2D eigenvalue weighted by Crippen LogP contribution is 2.23. The molecule has 2 heterocycles. The molecule has 132 valence electrons. The second-order valence-corrected chi connectivity index (χ2v) is 6.19. The van der Waals surface area contributed by atoms with Gasteiger partial charge in [-0.25, -0.2) is 9.97 Å². The predicted octanol–water partition coefficient (Wildman–Crippen LogP) is 3.05. The molecule has 0 bridgehead atoms. The van der Waals surface area contributed by atoms with Gasteiger partial charge >= 0.3 is 0 Å². The molecule has 0 saturated carbocycles. The van der Waals surface area contributed by atoms with Crippen LogP contribution in [0.25, 0.3) is 10.9 Å². The van der Waals surface area contributed by atoms with E-state index in [-0.39, 0.29) is 0 Å². The molecule has 1 N–H and O–H groups in total. The fourth-order valence-corrected chi connectivity index (χ4v) is 2.55. The number of ether oxygens (including phenoxy) is 1. The Morgan fingerprint density at radius 3 is 2.85 bits per heavy atom. The molecule has 0 atom stereocenters. The fourth-order valence-electron chi connectivity index (χ4n) is 2.55. The third kappa shape index (κ3) is 4.47. The van der Waals surface area contributed by atoms with Crippen LogP contribution >= 0.6 is 0 Å². The van der Waals surface area contributed by atoms with Crippen molar-refractivity contribution in [2.75, 3.05) is 32.6 Å². The molecular formula is C20H21N5O. The van der Waals surface area contributed by atoms with Crippen molar-refractivity contribution in [2.45, 2.75) is 6.54 Å². The Hall–Kier alpha value is -3.17. The number of fused-ring (bicyclic) bond motifs is 1. The van der Waals surface area contributed by atoms with Crippen LogP contribution in [-0.2, 0) is 6.54 Å². The van der Waals surface area contributed by atoms with Gasteiger partial charge in [-0.1, -0.05) is 18.2 Å². The topological polar surface area (TPSA) is 74.1 Å². The lowest BCUT2D eigenvalue weighted by atomic mass is 10.1. The molecule has 2 aromatic heterocycles. The minimum Gasteiger partial charge on any atom is -0.476 e. The van der Waals surface area contributed by atoms with Gasteiger partial charge in [0.1, 0.15) is 18.4 Å². The van der Waals surface area contributed by atoms with Crippen molar-refractivity contribution in [3.8, 4) is 11.9 Å². The molecule has 0 saturated heterocycles. The highest BCUT2D eigenvalue weighted by molar-refractivity contribution is 5.91. The number of benzene rings is 1. The van der Waals surface area contributed by atoms with E-state index in [2.05, 4.69) is 26.3 Å². The number of nitrogens with zero attached hydrogens (tertiary/aromatic N) is 4. The number of hydrogen-bond donors (Lipinski definition) is 1. The van der Waals surface area contributed by atoms with Crippen LogP contribution in [-0.4, -0.2) is 42.1 Å². The molecule has 3 aromatic rings. The highest BCUT2D eigenvalue weighted by Gasteiger charge is 2.06. The average molecular weight is 347 g/mol. The second kappa shape index (κ2) is 8.28. The third-order valence-corrected chi connectivity index (χ3v) is 3.90. The Balaban J connectivity index is 1.73. The number of nitriles is 1. The van der Waals surface area contributed by atoms with Crippen molar-refractivity contribution < 1.29 is 4.74 Å². The van der Waals surface area contributed by atoms with Crippen molar-refractivity contribution in [3.05, 3.63) is 59.9 Å². The first-order valence-electron chi connectivity index (χ1n) is 8.42. The number of para-hydroxylation sites is 1. The Labute approximate surface area is 153 Å². The van der Waals surface area contributed by atoms with Crippen molar-refractivity contribution in [2.24, 2.45) is 0 Å². The molecule has 0 fully saturated rings. The van der Waals surface area contributed by atoms with Crippen LogP contribution in [0.15, 0.2) is 48.7 Å². The first kappa shape index (κ1) is 17.6. The van der Waals surface area contributed by atoms with Gasteiger partial charge in [0.05, 0.1) is 5.52 Å². The monoisotopic (exact) mass is 347 g/mol. The summed E-state index contributed by atoms with van der Waals surface area (Å²) in [5, 5.41) is 13.6. The second-order valence-electron chi connectivity index (χ2n) is 6.19. The molecule has 0 aliphatic carbocycles. The quantitative estimate of drug-likeness (QED) is 0.708. The summed E-state index contributed by atoms with van der Waals surface area (Å²) in [6.07, 6.45) is 1.74. The summed E-state index contributed by atoms with van der Waals surface area (Å²) < 4.78 is 5.68. The number of hydrogen-bond acceptors (Lipinski definition) is 6. The van der Waals surface area contributed by atoms with Gasteiger partial charge in [-0.3, -0.25) is 0 Å². The summed E-state index contributed by atoms with van der Waals surface area (Å²) in [5.74, 6) is 0.614. The predicted molar refractivity (Wildman–Crippen MR) is 102 cm³/mol. The van der Waals surface area contributed by atoms with Crippen LogP contribution in [0.3, 0.4) is 0 Å². The van der Waals surface area contributed by atoms with Gasteiger partial charge in [0.15, 0.2) is 0 Å². The summed E-state index contributed by atoms with van der Waals surface area (Å²) in [6.45, 7) is 2.03. The van der Waals surface area contributed by atoms with Crippen LogP contribution in [0.5, 0.6) is 5.88 Å². The van der Waals surface area contributed by atoms with Gasteiger partial charge in [0.25, 0.3) is 0 Å². The summed E-state index contributed by atoms with van der Waals surface area (Å²) in [6, 6.07) is 15.5. The van der Waals surface area contributed by atoms with Crippen molar-refractivity contribution >= 4 is 16.6 Å². The lowest BCUT2D eigenvalue weighted by Gasteiger charge is -2.12. The zero-order valence-corrected chi connectivity index (χ0v) is 14.9. The molecule has 0 aliphatic heterocycles. The zero-order valence-electron chi connectivity index (χ0n) is 14.9. The lowest BCUT2D eigenvalue weighted by Crippen LogP contribution is -2.19. The summed E-state index contributed by atoms with van der Waals surface area (Å²) >= 11 is 0. The van der Waals surface area contributed by atoms with E-state index < -0.39 is 0 Å². The van der Waals surface area contributed by atoms with E-state index in [1.165, 1.54) is 0 Å². The van der Waals surface area contributed by atoms with E-state index in [9.17, 15) is 5.26 Å². The number of nitrogens with one attached hydrogen (secondary N) is 1. The van der Waals surface area contributed by atoms with E-state index in [0.29, 0.717) is 24.7 Å². The van der Waals surface area contributed by atoms with Gasteiger partial charge in [0.2, 0.25) is 5.88 Å². The maximum absolute atomic E-state index is 9.20. The molecule has 3 rings (SSSR count). The molecule has 6 nitrogen and oxygen atoms in total.